The number of carbonyl (C=O) groups is 2. The quantitative estimate of drug-likeness (QED) is 0.121. The molecule has 157 valence electrons. The van der Waals surface area contributed by atoms with Crippen LogP contribution in [0.15, 0.2) is 4.99 Å². The fraction of sp³-hybridized carbons (Fsp3) is 0.833. The molecule has 0 bridgehead atoms. The molecule has 0 spiro atoms. The van der Waals surface area contributed by atoms with Crippen molar-refractivity contribution < 1.29 is 37.1 Å². The molecule has 1 atom stereocenters. The number of carboxylic acids is 1. The first-order chi connectivity index (χ1) is 12.0. The van der Waals surface area contributed by atoms with E-state index in [1.165, 1.54) is 38.5 Å². The van der Waals surface area contributed by atoms with Crippen molar-refractivity contribution in [3.8, 4) is 0 Å². The van der Waals surface area contributed by atoms with E-state index in [2.05, 4.69) is 17.2 Å². The van der Waals surface area contributed by atoms with Gasteiger partial charge in [-0.25, -0.2) is 4.79 Å². The van der Waals surface area contributed by atoms with Gasteiger partial charge >= 0.3 is 5.97 Å². The minimum Gasteiger partial charge on any atom is -0.480 e. The summed E-state index contributed by atoms with van der Waals surface area (Å²) in [6, 6.07) is -0.875. The number of rotatable bonds is 16. The Morgan fingerprint density at radius 1 is 0.962 bits per heavy atom. The molecule has 0 aromatic rings. The SMILES string of the molecule is CCCCCCCCCCCC(=O)N[C@@H](CCCN=C(N)N)C(=O)O.[Ag]. The van der Waals surface area contributed by atoms with Crippen molar-refractivity contribution in [3.05, 3.63) is 0 Å². The molecule has 1 radical (unpaired) electrons. The number of nitrogens with one attached hydrogen (secondary N) is 1. The van der Waals surface area contributed by atoms with Gasteiger partial charge in [-0.1, -0.05) is 58.3 Å². The average Bonchev–Trinajstić information content (AvgIpc) is 2.55. The van der Waals surface area contributed by atoms with E-state index in [0.29, 0.717) is 25.8 Å². The predicted octanol–water partition coefficient (Wildman–Crippen LogP) is 2.53. The largest absolute Gasteiger partial charge is 0.480 e. The molecule has 6 N–H and O–H groups in total. The zero-order valence-corrected chi connectivity index (χ0v) is 17.4. The molecule has 0 saturated carbocycles. The fourth-order valence-electron chi connectivity index (χ4n) is 2.62. The number of nitrogens with two attached hydrogens (primary N) is 2. The zero-order valence-electron chi connectivity index (χ0n) is 15.9. The van der Waals surface area contributed by atoms with Crippen LogP contribution in [0.4, 0.5) is 0 Å². The number of guanidine groups is 1. The fourth-order valence-corrected chi connectivity index (χ4v) is 2.62. The monoisotopic (exact) mass is 463 g/mol. The third-order valence-electron chi connectivity index (χ3n) is 4.09. The number of carboxylic acid groups (broad SMARTS) is 1. The molecule has 0 aliphatic heterocycles. The molecule has 0 saturated heterocycles. The van der Waals surface area contributed by atoms with Crippen molar-refractivity contribution in [1.82, 2.24) is 5.32 Å². The van der Waals surface area contributed by atoms with E-state index in [0.717, 1.165) is 19.3 Å². The topological polar surface area (TPSA) is 131 Å². The molecule has 0 aliphatic carbocycles. The van der Waals surface area contributed by atoms with Gasteiger partial charge in [0.2, 0.25) is 5.91 Å². The average molecular weight is 464 g/mol. The summed E-state index contributed by atoms with van der Waals surface area (Å²) in [6.07, 6.45) is 11.9. The van der Waals surface area contributed by atoms with E-state index in [1.807, 2.05) is 0 Å². The number of unbranched alkanes of at least 4 members (excludes halogenated alkanes) is 8. The van der Waals surface area contributed by atoms with Crippen LogP contribution in [0.5, 0.6) is 0 Å². The summed E-state index contributed by atoms with van der Waals surface area (Å²) in [5.41, 5.74) is 10.4. The van der Waals surface area contributed by atoms with E-state index in [-0.39, 0.29) is 34.2 Å². The Bertz CT molecular complexity index is 402. The molecular weight excluding hydrogens is 428 g/mol. The molecule has 8 heteroatoms. The third kappa shape index (κ3) is 17.8. The van der Waals surface area contributed by atoms with E-state index in [9.17, 15) is 9.59 Å². The van der Waals surface area contributed by atoms with Crippen LogP contribution < -0.4 is 16.8 Å². The van der Waals surface area contributed by atoms with Gasteiger partial charge in [-0.05, 0) is 19.3 Å². The number of hydrogen-bond acceptors (Lipinski definition) is 3. The van der Waals surface area contributed by atoms with Crippen LogP contribution >= 0.6 is 0 Å². The smallest absolute Gasteiger partial charge is 0.326 e. The van der Waals surface area contributed by atoms with Gasteiger partial charge in [0.1, 0.15) is 6.04 Å². The van der Waals surface area contributed by atoms with Gasteiger partial charge < -0.3 is 21.9 Å². The first kappa shape index (κ1) is 27.2. The number of aliphatic carboxylic acids is 1. The number of carbonyl (C=O) groups excluding carboxylic acids is 1. The molecule has 0 aromatic heterocycles. The predicted molar refractivity (Wildman–Crippen MR) is 101 cm³/mol. The van der Waals surface area contributed by atoms with Crippen molar-refractivity contribution in [2.75, 3.05) is 6.54 Å². The first-order valence-corrected chi connectivity index (χ1v) is 9.55. The van der Waals surface area contributed by atoms with Gasteiger partial charge in [0.25, 0.3) is 0 Å². The summed E-state index contributed by atoms with van der Waals surface area (Å²) in [6.45, 7) is 2.57. The van der Waals surface area contributed by atoms with Crippen LogP contribution in [0.1, 0.15) is 84.0 Å². The third-order valence-corrected chi connectivity index (χ3v) is 4.09. The number of aliphatic imine (C=N–C) groups is 1. The van der Waals surface area contributed by atoms with Gasteiger partial charge in [-0.15, -0.1) is 0 Å². The molecule has 0 aliphatic rings. The van der Waals surface area contributed by atoms with Gasteiger partial charge in [0.15, 0.2) is 5.96 Å². The maximum absolute atomic E-state index is 11.9. The Kier molecular flexibility index (Phi) is 19.6. The molecule has 0 fully saturated rings. The van der Waals surface area contributed by atoms with Crippen LogP contribution in [0.3, 0.4) is 0 Å². The summed E-state index contributed by atoms with van der Waals surface area (Å²) in [7, 11) is 0. The van der Waals surface area contributed by atoms with E-state index in [4.69, 9.17) is 16.6 Å². The van der Waals surface area contributed by atoms with E-state index in [1.54, 1.807) is 0 Å². The second kappa shape index (κ2) is 18.7. The zero-order chi connectivity index (χ0) is 18.9. The summed E-state index contributed by atoms with van der Waals surface area (Å²) < 4.78 is 0. The minimum atomic E-state index is -1.02. The Morgan fingerprint density at radius 3 is 2.00 bits per heavy atom. The maximum Gasteiger partial charge on any atom is 0.326 e. The first-order valence-electron chi connectivity index (χ1n) is 9.55. The second-order valence-corrected chi connectivity index (χ2v) is 6.49. The van der Waals surface area contributed by atoms with E-state index >= 15 is 0 Å². The number of nitrogens with zero attached hydrogens (tertiary/aromatic N) is 1. The summed E-state index contributed by atoms with van der Waals surface area (Å²) >= 11 is 0. The number of amides is 1. The van der Waals surface area contributed by atoms with Crippen molar-refractivity contribution in [2.45, 2.75) is 90.0 Å². The Balaban J connectivity index is 0. The molecular formula is C18H36AgN4O3. The Morgan fingerprint density at radius 2 is 1.50 bits per heavy atom. The molecule has 7 nitrogen and oxygen atoms in total. The minimum absolute atomic E-state index is 0. The van der Waals surface area contributed by atoms with Crippen LogP contribution in [0, 0.1) is 0 Å². The van der Waals surface area contributed by atoms with Crippen molar-refractivity contribution in [3.63, 3.8) is 0 Å². The van der Waals surface area contributed by atoms with Crippen LogP contribution in [-0.4, -0.2) is 35.5 Å². The molecule has 0 aromatic carbocycles. The molecule has 26 heavy (non-hydrogen) atoms. The second-order valence-electron chi connectivity index (χ2n) is 6.49. The van der Waals surface area contributed by atoms with Crippen molar-refractivity contribution in [1.29, 1.82) is 0 Å². The molecule has 0 heterocycles. The van der Waals surface area contributed by atoms with Crippen LogP contribution in [-0.2, 0) is 32.0 Å². The number of hydrogen-bond donors (Lipinski definition) is 4. The normalized spacial score (nSPS) is 11.3. The van der Waals surface area contributed by atoms with Crippen LogP contribution in [0.2, 0.25) is 0 Å². The Labute approximate surface area is 173 Å². The van der Waals surface area contributed by atoms with Gasteiger partial charge in [0, 0.05) is 35.3 Å². The van der Waals surface area contributed by atoms with Gasteiger partial charge in [-0.2, -0.15) is 0 Å². The van der Waals surface area contributed by atoms with Crippen molar-refractivity contribution >= 4 is 17.8 Å². The summed E-state index contributed by atoms with van der Waals surface area (Å²) in [5, 5.41) is 11.7. The summed E-state index contributed by atoms with van der Waals surface area (Å²) in [4.78, 5) is 26.9. The summed E-state index contributed by atoms with van der Waals surface area (Å²) in [5.74, 6) is -1.23. The molecule has 1 amide bonds. The van der Waals surface area contributed by atoms with Crippen molar-refractivity contribution in [2.24, 2.45) is 16.5 Å². The van der Waals surface area contributed by atoms with Crippen LogP contribution in [0.25, 0.3) is 0 Å². The maximum atomic E-state index is 11.9. The van der Waals surface area contributed by atoms with Gasteiger partial charge in [0.05, 0.1) is 0 Å². The van der Waals surface area contributed by atoms with Gasteiger partial charge in [-0.3, -0.25) is 9.79 Å². The Hall–Kier alpha value is -1.05. The molecule has 0 rings (SSSR count). The standard InChI is InChI=1S/C18H36N4O3.Ag/c1-2-3-4-5-6-7-8-9-10-13-16(23)22-15(17(24)25)12-11-14-21-18(19)20;/h15H,2-14H2,1H3,(H,22,23)(H,24,25)(H4,19,20,21);/t15-;/m0./s1. The molecule has 0 unspecified atom stereocenters. The van der Waals surface area contributed by atoms with E-state index < -0.39 is 12.0 Å².